The Bertz CT molecular complexity index is 587. The highest BCUT2D eigenvalue weighted by atomic mass is 16.6. The molecule has 0 aliphatic rings. The van der Waals surface area contributed by atoms with Gasteiger partial charge in [-0.3, -0.25) is 10.1 Å². The smallest absolute Gasteiger partial charge is 0.311 e. The van der Waals surface area contributed by atoms with Gasteiger partial charge in [0.2, 0.25) is 5.82 Å². The lowest BCUT2D eigenvalue weighted by Crippen LogP contribution is -2.09. The monoisotopic (exact) mass is 272 g/mol. The van der Waals surface area contributed by atoms with Crippen molar-refractivity contribution in [3.05, 3.63) is 58.1 Å². The zero-order valence-electron chi connectivity index (χ0n) is 11.2. The van der Waals surface area contributed by atoms with Crippen molar-refractivity contribution >= 4 is 17.3 Å². The minimum Gasteiger partial charge on any atom is -0.373 e. The number of anilines is 2. The Labute approximate surface area is 117 Å². The van der Waals surface area contributed by atoms with Gasteiger partial charge in [-0.2, -0.15) is 0 Å². The van der Waals surface area contributed by atoms with Crippen LogP contribution in [0.4, 0.5) is 17.3 Å². The van der Waals surface area contributed by atoms with Crippen LogP contribution in [0, 0.1) is 10.1 Å². The van der Waals surface area contributed by atoms with E-state index >= 15 is 0 Å². The molecule has 0 amide bonds. The molecule has 2 N–H and O–H groups in total. The number of hydrogen-bond donors (Lipinski definition) is 2. The van der Waals surface area contributed by atoms with Crippen LogP contribution < -0.4 is 10.6 Å². The first-order valence-corrected chi connectivity index (χ1v) is 6.31. The maximum atomic E-state index is 11.0. The summed E-state index contributed by atoms with van der Waals surface area (Å²) >= 11 is 0. The first-order chi connectivity index (χ1) is 9.70. The number of rotatable bonds is 6. The number of benzene rings is 1. The molecule has 0 bridgehead atoms. The van der Waals surface area contributed by atoms with Crippen LogP contribution in [0.25, 0.3) is 0 Å². The molecule has 0 fully saturated rings. The van der Waals surface area contributed by atoms with E-state index in [0.717, 1.165) is 6.42 Å². The summed E-state index contributed by atoms with van der Waals surface area (Å²) in [6.07, 6.45) is 0.781. The predicted octanol–water partition coefficient (Wildman–Crippen LogP) is 2.69. The molecular weight excluding hydrogens is 256 g/mol. The van der Waals surface area contributed by atoms with Crippen LogP contribution in [-0.4, -0.2) is 23.5 Å². The van der Waals surface area contributed by atoms with Gasteiger partial charge in [0, 0.05) is 19.7 Å². The summed E-state index contributed by atoms with van der Waals surface area (Å²) in [5.41, 5.74) is 1.16. The van der Waals surface area contributed by atoms with E-state index in [1.165, 1.54) is 11.6 Å². The SMILES string of the molecule is CNc1ccc([N+](=O)[O-])c(NCCc2ccccc2)n1. The number of hydrogen-bond acceptors (Lipinski definition) is 5. The van der Waals surface area contributed by atoms with Gasteiger partial charge in [-0.05, 0) is 18.1 Å². The molecule has 0 unspecified atom stereocenters. The quantitative estimate of drug-likeness (QED) is 0.624. The van der Waals surface area contributed by atoms with Crippen molar-refractivity contribution in [1.82, 2.24) is 4.98 Å². The van der Waals surface area contributed by atoms with Crippen LogP contribution in [-0.2, 0) is 6.42 Å². The highest BCUT2D eigenvalue weighted by Gasteiger charge is 2.15. The first kappa shape index (κ1) is 13.8. The number of nitro groups is 1. The van der Waals surface area contributed by atoms with Gasteiger partial charge >= 0.3 is 5.69 Å². The van der Waals surface area contributed by atoms with E-state index in [-0.39, 0.29) is 11.5 Å². The number of nitrogens with zero attached hydrogens (tertiary/aromatic N) is 2. The van der Waals surface area contributed by atoms with Gasteiger partial charge in [0.15, 0.2) is 0 Å². The lowest BCUT2D eigenvalue weighted by molar-refractivity contribution is -0.384. The van der Waals surface area contributed by atoms with Crippen molar-refractivity contribution < 1.29 is 4.92 Å². The molecular formula is C14H16N4O2. The van der Waals surface area contributed by atoms with Gasteiger partial charge < -0.3 is 10.6 Å². The molecule has 0 spiro atoms. The topological polar surface area (TPSA) is 80.1 Å². The van der Waals surface area contributed by atoms with Gasteiger partial charge in [-0.15, -0.1) is 0 Å². The summed E-state index contributed by atoms with van der Waals surface area (Å²) in [6.45, 7) is 0.588. The maximum Gasteiger partial charge on any atom is 0.311 e. The number of pyridine rings is 1. The fourth-order valence-corrected chi connectivity index (χ4v) is 1.84. The van der Waals surface area contributed by atoms with Crippen LogP contribution in [0.3, 0.4) is 0 Å². The van der Waals surface area contributed by atoms with Crippen molar-refractivity contribution in [1.29, 1.82) is 0 Å². The number of aromatic nitrogens is 1. The third-order valence-electron chi connectivity index (χ3n) is 2.88. The van der Waals surface area contributed by atoms with E-state index in [2.05, 4.69) is 15.6 Å². The molecule has 0 aliphatic carbocycles. The van der Waals surface area contributed by atoms with Crippen molar-refractivity contribution in [3.8, 4) is 0 Å². The van der Waals surface area contributed by atoms with Crippen molar-refractivity contribution in [2.75, 3.05) is 24.2 Å². The predicted molar refractivity (Wildman–Crippen MR) is 79.1 cm³/mol. The van der Waals surface area contributed by atoms with Gasteiger partial charge in [0.1, 0.15) is 5.82 Å². The lowest BCUT2D eigenvalue weighted by atomic mass is 10.1. The summed E-state index contributed by atoms with van der Waals surface area (Å²) in [4.78, 5) is 14.7. The van der Waals surface area contributed by atoms with Gasteiger partial charge in [0.05, 0.1) is 4.92 Å². The summed E-state index contributed by atoms with van der Waals surface area (Å²) in [7, 11) is 1.72. The first-order valence-electron chi connectivity index (χ1n) is 6.31. The molecule has 0 saturated carbocycles. The molecule has 2 rings (SSSR count). The van der Waals surface area contributed by atoms with Crippen LogP contribution in [0.1, 0.15) is 5.56 Å². The molecule has 1 aromatic heterocycles. The second-order valence-corrected chi connectivity index (χ2v) is 4.23. The second kappa shape index (κ2) is 6.51. The second-order valence-electron chi connectivity index (χ2n) is 4.23. The van der Waals surface area contributed by atoms with Crippen molar-refractivity contribution in [2.24, 2.45) is 0 Å². The Balaban J connectivity index is 2.06. The fourth-order valence-electron chi connectivity index (χ4n) is 1.84. The van der Waals surface area contributed by atoms with E-state index in [1.54, 1.807) is 13.1 Å². The lowest BCUT2D eigenvalue weighted by Gasteiger charge is -2.08. The van der Waals surface area contributed by atoms with E-state index in [0.29, 0.717) is 12.4 Å². The van der Waals surface area contributed by atoms with Gasteiger partial charge in [-0.25, -0.2) is 4.98 Å². The molecule has 2 aromatic rings. The van der Waals surface area contributed by atoms with Gasteiger partial charge in [0.25, 0.3) is 0 Å². The molecule has 0 saturated heterocycles. The third-order valence-corrected chi connectivity index (χ3v) is 2.88. The summed E-state index contributed by atoms with van der Waals surface area (Å²) < 4.78 is 0. The molecule has 0 radical (unpaired) electrons. The molecule has 1 heterocycles. The summed E-state index contributed by atoms with van der Waals surface area (Å²) in [5, 5.41) is 16.9. The Kier molecular flexibility index (Phi) is 4.49. The van der Waals surface area contributed by atoms with E-state index in [9.17, 15) is 10.1 Å². The minimum atomic E-state index is -0.433. The molecule has 104 valence electrons. The largest absolute Gasteiger partial charge is 0.373 e. The third kappa shape index (κ3) is 3.44. The van der Waals surface area contributed by atoms with Crippen molar-refractivity contribution in [3.63, 3.8) is 0 Å². The zero-order chi connectivity index (χ0) is 14.4. The molecule has 6 heteroatoms. The Morgan fingerprint density at radius 1 is 1.20 bits per heavy atom. The summed E-state index contributed by atoms with van der Waals surface area (Å²) in [5.74, 6) is 0.885. The fraction of sp³-hybridized carbons (Fsp3) is 0.214. The molecule has 20 heavy (non-hydrogen) atoms. The summed E-state index contributed by atoms with van der Waals surface area (Å²) in [6, 6.07) is 13.0. The van der Waals surface area contributed by atoms with Crippen LogP contribution >= 0.6 is 0 Å². The highest BCUT2D eigenvalue weighted by Crippen LogP contribution is 2.23. The van der Waals surface area contributed by atoms with Crippen LogP contribution in [0.5, 0.6) is 0 Å². The average molecular weight is 272 g/mol. The van der Waals surface area contributed by atoms with Crippen molar-refractivity contribution in [2.45, 2.75) is 6.42 Å². The highest BCUT2D eigenvalue weighted by molar-refractivity contribution is 5.60. The molecule has 6 nitrogen and oxygen atoms in total. The Morgan fingerprint density at radius 3 is 2.60 bits per heavy atom. The minimum absolute atomic E-state index is 0.0166. The molecule has 1 aromatic carbocycles. The number of nitrogens with one attached hydrogen (secondary N) is 2. The van der Waals surface area contributed by atoms with E-state index < -0.39 is 4.92 Å². The normalized spacial score (nSPS) is 10.1. The van der Waals surface area contributed by atoms with Gasteiger partial charge in [-0.1, -0.05) is 30.3 Å². The molecule has 0 aliphatic heterocycles. The zero-order valence-corrected chi connectivity index (χ0v) is 11.2. The van der Waals surface area contributed by atoms with E-state index in [4.69, 9.17) is 0 Å². The van der Waals surface area contributed by atoms with Crippen LogP contribution in [0.2, 0.25) is 0 Å². The molecule has 0 atom stereocenters. The average Bonchev–Trinajstić information content (AvgIpc) is 2.48. The standard InChI is InChI=1S/C14H16N4O2/c1-15-13-8-7-12(18(19)20)14(17-13)16-10-9-11-5-3-2-4-6-11/h2-8H,9-10H2,1H3,(H2,15,16,17). The Hall–Kier alpha value is -2.63. The van der Waals surface area contributed by atoms with Crippen LogP contribution in [0.15, 0.2) is 42.5 Å². The Morgan fingerprint density at radius 2 is 1.95 bits per heavy atom. The van der Waals surface area contributed by atoms with E-state index in [1.807, 2.05) is 30.3 Å². The maximum absolute atomic E-state index is 11.0.